The number of aromatic hydroxyl groups is 1. The van der Waals surface area contributed by atoms with Gasteiger partial charge in [-0.05, 0) is 55.9 Å². The number of fused-ring (bicyclic) bond motifs is 1. The minimum Gasteiger partial charge on any atom is -0.506 e. The Morgan fingerprint density at radius 3 is 2.86 bits per heavy atom. The highest BCUT2D eigenvalue weighted by atomic mass is 32.1. The zero-order chi connectivity index (χ0) is 15.5. The van der Waals surface area contributed by atoms with E-state index >= 15 is 0 Å². The zero-order valence-electron chi connectivity index (χ0n) is 12.5. The lowest BCUT2D eigenvalue weighted by molar-refractivity contribution is 0.0525. The maximum atomic E-state index is 12.0. The number of carbonyl (C=O) groups excluding carboxylic acids is 1. The van der Waals surface area contributed by atoms with Gasteiger partial charge in [-0.3, -0.25) is 0 Å². The number of anilines is 2. The van der Waals surface area contributed by atoms with Gasteiger partial charge in [0.15, 0.2) is 0 Å². The molecule has 5 heteroatoms. The van der Waals surface area contributed by atoms with E-state index in [2.05, 4.69) is 17.4 Å². The standard InChI is InChI=1S/C17H19NO3S/c1-2-21-17(20)15-14(19)10-22-16(15)18-13-8-7-11-5-3-4-6-12(11)9-13/h7-10,18-19H,2-6H2,1H3. The Balaban J connectivity index is 1.86. The first-order valence-corrected chi connectivity index (χ1v) is 8.43. The average molecular weight is 317 g/mol. The monoisotopic (exact) mass is 317 g/mol. The molecule has 0 unspecified atom stereocenters. The van der Waals surface area contributed by atoms with Gasteiger partial charge in [-0.25, -0.2) is 4.79 Å². The predicted molar refractivity (Wildman–Crippen MR) is 88.3 cm³/mol. The minimum atomic E-state index is -0.498. The van der Waals surface area contributed by atoms with Crippen LogP contribution in [0.25, 0.3) is 0 Å². The Bertz CT molecular complexity index is 693. The first-order chi connectivity index (χ1) is 10.7. The van der Waals surface area contributed by atoms with E-state index in [1.54, 1.807) is 12.3 Å². The van der Waals surface area contributed by atoms with Gasteiger partial charge in [0.25, 0.3) is 0 Å². The summed E-state index contributed by atoms with van der Waals surface area (Å²) < 4.78 is 5.00. The van der Waals surface area contributed by atoms with E-state index in [0.29, 0.717) is 5.00 Å². The lowest BCUT2D eigenvalue weighted by Crippen LogP contribution is -2.07. The number of aryl methyl sites for hydroxylation is 2. The Hall–Kier alpha value is -2.01. The van der Waals surface area contributed by atoms with Crippen molar-refractivity contribution in [2.75, 3.05) is 11.9 Å². The van der Waals surface area contributed by atoms with Crippen LogP contribution in [-0.4, -0.2) is 17.7 Å². The number of benzene rings is 1. The van der Waals surface area contributed by atoms with Crippen LogP contribution in [-0.2, 0) is 17.6 Å². The predicted octanol–water partition coefficient (Wildman–Crippen LogP) is 4.25. The molecule has 1 aromatic heterocycles. The minimum absolute atomic E-state index is 0.0380. The van der Waals surface area contributed by atoms with E-state index in [-0.39, 0.29) is 17.9 Å². The third kappa shape index (κ3) is 2.95. The van der Waals surface area contributed by atoms with Gasteiger partial charge in [-0.2, -0.15) is 0 Å². The number of carbonyl (C=O) groups is 1. The van der Waals surface area contributed by atoms with Gasteiger partial charge in [0, 0.05) is 11.1 Å². The molecular formula is C17H19NO3S. The second kappa shape index (κ2) is 6.40. The van der Waals surface area contributed by atoms with Crippen LogP contribution in [0.3, 0.4) is 0 Å². The van der Waals surface area contributed by atoms with Crippen molar-refractivity contribution < 1.29 is 14.6 Å². The molecule has 116 valence electrons. The zero-order valence-corrected chi connectivity index (χ0v) is 13.3. The van der Waals surface area contributed by atoms with Crippen LogP contribution in [0, 0.1) is 0 Å². The Labute approximate surface area is 133 Å². The van der Waals surface area contributed by atoms with Crippen molar-refractivity contribution in [3.63, 3.8) is 0 Å². The summed E-state index contributed by atoms with van der Waals surface area (Å²) in [5.41, 5.74) is 3.93. The molecule has 1 aliphatic rings. The number of hydrogen-bond acceptors (Lipinski definition) is 5. The molecule has 0 bridgehead atoms. The van der Waals surface area contributed by atoms with Gasteiger partial charge >= 0.3 is 5.97 Å². The fraction of sp³-hybridized carbons (Fsp3) is 0.353. The maximum Gasteiger partial charge on any atom is 0.344 e. The molecule has 1 aromatic carbocycles. The SMILES string of the molecule is CCOC(=O)c1c(O)csc1Nc1ccc2c(c1)CCCC2. The molecule has 0 aliphatic heterocycles. The van der Waals surface area contributed by atoms with E-state index in [4.69, 9.17) is 4.74 Å². The molecule has 0 saturated carbocycles. The highest BCUT2D eigenvalue weighted by Crippen LogP contribution is 2.36. The van der Waals surface area contributed by atoms with Crippen LogP contribution in [0.15, 0.2) is 23.6 Å². The molecule has 1 aliphatic carbocycles. The van der Waals surface area contributed by atoms with Gasteiger partial charge in [-0.1, -0.05) is 6.07 Å². The van der Waals surface area contributed by atoms with Gasteiger partial charge in [-0.15, -0.1) is 11.3 Å². The fourth-order valence-corrected chi connectivity index (χ4v) is 3.61. The lowest BCUT2D eigenvalue weighted by Gasteiger charge is -2.17. The van der Waals surface area contributed by atoms with Crippen LogP contribution < -0.4 is 5.32 Å². The summed E-state index contributed by atoms with van der Waals surface area (Å²) in [6.45, 7) is 2.03. The van der Waals surface area contributed by atoms with Crippen molar-refractivity contribution in [3.8, 4) is 5.75 Å². The first kappa shape index (κ1) is 14.9. The third-order valence-corrected chi connectivity index (χ3v) is 4.74. The van der Waals surface area contributed by atoms with Crippen molar-refractivity contribution in [1.82, 2.24) is 0 Å². The van der Waals surface area contributed by atoms with Gasteiger partial charge in [0.2, 0.25) is 0 Å². The molecule has 0 radical (unpaired) electrons. The third-order valence-electron chi connectivity index (χ3n) is 3.86. The van der Waals surface area contributed by atoms with Crippen LogP contribution in [0.2, 0.25) is 0 Å². The number of nitrogens with one attached hydrogen (secondary N) is 1. The quantitative estimate of drug-likeness (QED) is 0.828. The van der Waals surface area contributed by atoms with Crippen LogP contribution in [0.4, 0.5) is 10.7 Å². The van der Waals surface area contributed by atoms with Crippen LogP contribution >= 0.6 is 11.3 Å². The molecule has 0 fully saturated rings. The summed E-state index contributed by atoms with van der Waals surface area (Å²) in [5, 5.41) is 15.3. The molecule has 22 heavy (non-hydrogen) atoms. The van der Waals surface area contributed by atoms with Crippen molar-refractivity contribution in [1.29, 1.82) is 0 Å². The first-order valence-electron chi connectivity index (χ1n) is 7.55. The Kier molecular flexibility index (Phi) is 4.34. The van der Waals surface area contributed by atoms with Crippen molar-refractivity contribution in [2.24, 2.45) is 0 Å². The van der Waals surface area contributed by atoms with Crippen LogP contribution in [0.5, 0.6) is 5.75 Å². The average Bonchev–Trinajstić information content (AvgIpc) is 2.88. The highest BCUT2D eigenvalue weighted by molar-refractivity contribution is 7.15. The second-order valence-corrected chi connectivity index (χ2v) is 6.24. The fourth-order valence-electron chi connectivity index (χ4n) is 2.78. The number of hydrogen-bond donors (Lipinski definition) is 2. The molecule has 3 rings (SSSR count). The van der Waals surface area contributed by atoms with E-state index in [0.717, 1.165) is 18.5 Å². The topological polar surface area (TPSA) is 58.6 Å². The second-order valence-electron chi connectivity index (χ2n) is 5.36. The van der Waals surface area contributed by atoms with Gasteiger partial charge in [0.05, 0.1) is 6.61 Å². The van der Waals surface area contributed by atoms with E-state index < -0.39 is 5.97 Å². The summed E-state index contributed by atoms with van der Waals surface area (Å²) in [5.74, 6) is -0.536. The lowest BCUT2D eigenvalue weighted by atomic mass is 9.91. The maximum absolute atomic E-state index is 12.0. The smallest absolute Gasteiger partial charge is 0.344 e. The van der Waals surface area contributed by atoms with E-state index in [1.165, 1.54) is 35.3 Å². The largest absolute Gasteiger partial charge is 0.506 e. The molecule has 0 saturated heterocycles. The molecule has 2 aromatic rings. The molecule has 0 amide bonds. The Morgan fingerprint density at radius 1 is 1.32 bits per heavy atom. The van der Waals surface area contributed by atoms with Crippen molar-refractivity contribution in [3.05, 3.63) is 40.3 Å². The highest BCUT2D eigenvalue weighted by Gasteiger charge is 2.20. The van der Waals surface area contributed by atoms with E-state index in [1.807, 2.05) is 6.07 Å². The summed E-state index contributed by atoms with van der Waals surface area (Å²) >= 11 is 1.30. The normalized spacial score (nSPS) is 13.5. The van der Waals surface area contributed by atoms with Gasteiger partial charge in [0.1, 0.15) is 16.3 Å². The molecule has 2 N–H and O–H groups in total. The molecule has 1 heterocycles. The van der Waals surface area contributed by atoms with Crippen LogP contribution in [0.1, 0.15) is 41.3 Å². The number of rotatable bonds is 4. The van der Waals surface area contributed by atoms with Gasteiger partial charge < -0.3 is 15.2 Å². The summed E-state index contributed by atoms with van der Waals surface area (Å²) in [6, 6.07) is 6.31. The summed E-state index contributed by atoms with van der Waals surface area (Å²) in [4.78, 5) is 12.0. The van der Waals surface area contributed by atoms with E-state index in [9.17, 15) is 9.90 Å². The van der Waals surface area contributed by atoms with Crippen molar-refractivity contribution in [2.45, 2.75) is 32.6 Å². The molecular weight excluding hydrogens is 298 g/mol. The molecule has 0 atom stereocenters. The molecule has 4 nitrogen and oxygen atoms in total. The summed E-state index contributed by atoms with van der Waals surface area (Å²) in [6.07, 6.45) is 4.73. The van der Waals surface area contributed by atoms with Crippen molar-refractivity contribution >= 4 is 28.0 Å². The number of esters is 1. The Morgan fingerprint density at radius 2 is 2.09 bits per heavy atom. The summed E-state index contributed by atoms with van der Waals surface area (Å²) in [7, 11) is 0. The number of ether oxygens (including phenoxy) is 1. The number of thiophene rings is 1. The molecule has 0 spiro atoms.